The summed E-state index contributed by atoms with van der Waals surface area (Å²) in [5, 5.41) is 3.64. The van der Waals surface area contributed by atoms with Gasteiger partial charge in [-0.2, -0.15) is 4.98 Å². The van der Waals surface area contributed by atoms with Crippen LogP contribution < -0.4 is 10.1 Å². The van der Waals surface area contributed by atoms with Gasteiger partial charge in [-0.1, -0.05) is 24.9 Å². The summed E-state index contributed by atoms with van der Waals surface area (Å²) in [4.78, 5) is 7.97. The first-order valence-electron chi connectivity index (χ1n) is 4.58. The van der Waals surface area contributed by atoms with E-state index in [9.17, 15) is 0 Å². The largest absolute Gasteiger partial charge is 0.467 e. The number of unbranched alkanes of at least 4 members (excludes halogenated alkanes) is 1. The van der Waals surface area contributed by atoms with Crippen LogP contribution in [0.25, 0.3) is 0 Å². The lowest BCUT2D eigenvalue weighted by molar-refractivity contribution is 0.380. The molecular formula is C9H14ClN3O. The fourth-order valence-corrected chi connectivity index (χ4v) is 1.11. The van der Waals surface area contributed by atoms with E-state index >= 15 is 0 Å². The van der Waals surface area contributed by atoms with Crippen LogP contribution in [0.1, 0.15) is 19.8 Å². The van der Waals surface area contributed by atoms with E-state index in [-0.39, 0.29) is 0 Å². The Hall–Kier alpha value is -1.03. The van der Waals surface area contributed by atoms with E-state index in [1.807, 2.05) is 0 Å². The van der Waals surface area contributed by atoms with Crippen LogP contribution in [0.3, 0.4) is 0 Å². The number of nitrogens with zero attached hydrogens (tertiary/aromatic N) is 2. The molecule has 0 aliphatic heterocycles. The number of ether oxygens (including phenoxy) is 1. The van der Waals surface area contributed by atoms with Crippen molar-refractivity contribution < 1.29 is 4.74 Å². The normalized spacial score (nSPS) is 9.93. The molecule has 5 heteroatoms. The van der Waals surface area contributed by atoms with Crippen LogP contribution in [0.2, 0.25) is 5.02 Å². The highest BCUT2D eigenvalue weighted by atomic mass is 35.5. The smallest absolute Gasteiger partial charge is 0.318 e. The van der Waals surface area contributed by atoms with Crippen LogP contribution >= 0.6 is 11.6 Å². The minimum atomic E-state index is 0.327. The molecule has 0 aliphatic carbocycles. The van der Waals surface area contributed by atoms with E-state index in [0.717, 1.165) is 19.4 Å². The minimum Gasteiger partial charge on any atom is -0.467 e. The van der Waals surface area contributed by atoms with Crippen LogP contribution in [0.4, 0.5) is 5.82 Å². The standard InChI is InChI=1S/C9H14ClN3O/c1-3-4-5-11-8-7(10)6-12-9(13-8)14-2/h6H,3-5H2,1-2H3,(H,11,12,13). The van der Waals surface area contributed by atoms with Crippen LogP contribution in [-0.4, -0.2) is 23.6 Å². The second-order valence-electron chi connectivity index (χ2n) is 2.83. The molecule has 0 saturated carbocycles. The van der Waals surface area contributed by atoms with Gasteiger partial charge < -0.3 is 10.1 Å². The van der Waals surface area contributed by atoms with Gasteiger partial charge in [0.05, 0.1) is 13.3 Å². The van der Waals surface area contributed by atoms with Crippen molar-refractivity contribution in [3.05, 3.63) is 11.2 Å². The molecule has 1 rings (SSSR count). The van der Waals surface area contributed by atoms with Gasteiger partial charge in [-0.15, -0.1) is 0 Å². The zero-order chi connectivity index (χ0) is 10.4. The number of nitrogens with one attached hydrogen (secondary N) is 1. The molecule has 0 radical (unpaired) electrons. The highest BCUT2D eigenvalue weighted by molar-refractivity contribution is 6.32. The summed E-state index contributed by atoms with van der Waals surface area (Å²) >= 11 is 5.89. The van der Waals surface area contributed by atoms with Gasteiger partial charge in [0.25, 0.3) is 0 Å². The lowest BCUT2D eigenvalue weighted by atomic mass is 10.3. The summed E-state index contributed by atoms with van der Waals surface area (Å²) in [5.74, 6) is 0.631. The van der Waals surface area contributed by atoms with Crippen molar-refractivity contribution >= 4 is 17.4 Å². The van der Waals surface area contributed by atoms with E-state index in [0.29, 0.717) is 16.9 Å². The Bertz CT molecular complexity index is 293. The number of hydrogen-bond donors (Lipinski definition) is 1. The zero-order valence-corrected chi connectivity index (χ0v) is 9.14. The third kappa shape index (κ3) is 3.03. The first-order chi connectivity index (χ1) is 6.77. The predicted molar refractivity (Wildman–Crippen MR) is 57.0 cm³/mol. The third-order valence-electron chi connectivity index (χ3n) is 1.73. The molecule has 4 nitrogen and oxygen atoms in total. The molecule has 0 spiro atoms. The molecule has 1 aromatic heterocycles. The van der Waals surface area contributed by atoms with Gasteiger partial charge in [0.2, 0.25) is 0 Å². The SMILES string of the molecule is CCCCNc1nc(OC)ncc1Cl. The second kappa shape index (κ2) is 5.65. The summed E-state index contributed by atoms with van der Waals surface area (Å²) in [6.07, 6.45) is 3.75. The van der Waals surface area contributed by atoms with Crippen molar-refractivity contribution in [1.82, 2.24) is 9.97 Å². The highest BCUT2D eigenvalue weighted by Crippen LogP contribution is 2.19. The molecule has 0 unspecified atom stereocenters. The summed E-state index contributed by atoms with van der Waals surface area (Å²) in [6, 6.07) is 0.327. The van der Waals surface area contributed by atoms with Gasteiger partial charge in [0.1, 0.15) is 5.02 Å². The Morgan fingerprint density at radius 2 is 2.36 bits per heavy atom. The summed E-state index contributed by atoms with van der Waals surface area (Å²) < 4.78 is 4.90. The first kappa shape index (κ1) is 11.0. The van der Waals surface area contributed by atoms with Gasteiger partial charge >= 0.3 is 6.01 Å². The van der Waals surface area contributed by atoms with Gasteiger partial charge in [-0.25, -0.2) is 4.98 Å². The molecule has 0 amide bonds. The molecule has 0 bridgehead atoms. The van der Waals surface area contributed by atoms with Crippen LogP contribution in [-0.2, 0) is 0 Å². The zero-order valence-electron chi connectivity index (χ0n) is 8.38. The second-order valence-corrected chi connectivity index (χ2v) is 3.24. The lowest BCUT2D eigenvalue weighted by Gasteiger charge is -2.06. The quantitative estimate of drug-likeness (QED) is 0.766. The molecule has 14 heavy (non-hydrogen) atoms. The Morgan fingerprint density at radius 3 is 3.00 bits per heavy atom. The Balaban J connectivity index is 2.64. The van der Waals surface area contributed by atoms with E-state index in [2.05, 4.69) is 22.2 Å². The van der Waals surface area contributed by atoms with Gasteiger partial charge in [-0.3, -0.25) is 0 Å². The Labute approximate surface area is 88.7 Å². The maximum atomic E-state index is 5.89. The minimum absolute atomic E-state index is 0.327. The van der Waals surface area contributed by atoms with Crippen molar-refractivity contribution in [3.63, 3.8) is 0 Å². The molecule has 1 aromatic rings. The molecule has 0 aromatic carbocycles. The maximum absolute atomic E-state index is 5.89. The molecule has 0 saturated heterocycles. The van der Waals surface area contributed by atoms with Crippen molar-refractivity contribution in [2.45, 2.75) is 19.8 Å². The average Bonchev–Trinajstić information content (AvgIpc) is 2.21. The summed E-state index contributed by atoms with van der Waals surface area (Å²) in [5.41, 5.74) is 0. The van der Waals surface area contributed by atoms with Crippen molar-refractivity contribution in [1.29, 1.82) is 0 Å². The number of aromatic nitrogens is 2. The molecule has 0 aliphatic rings. The van der Waals surface area contributed by atoms with E-state index in [1.165, 1.54) is 13.3 Å². The number of rotatable bonds is 5. The van der Waals surface area contributed by atoms with Crippen LogP contribution in [0.5, 0.6) is 6.01 Å². The topological polar surface area (TPSA) is 47.0 Å². The fraction of sp³-hybridized carbons (Fsp3) is 0.556. The van der Waals surface area contributed by atoms with Gasteiger partial charge in [0.15, 0.2) is 5.82 Å². The highest BCUT2D eigenvalue weighted by Gasteiger charge is 2.03. The maximum Gasteiger partial charge on any atom is 0.318 e. The third-order valence-corrected chi connectivity index (χ3v) is 2.00. The Kier molecular flexibility index (Phi) is 4.46. The summed E-state index contributed by atoms with van der Waals surface area (Å²) in [6.45, 7) is 2.99. The molecule has 0 fully saturated rings. The van der Waals surface area contributed by atoms with E-state index in [1.54, 1.807) is 0 Å². The first-order valence-corrected chi connectivity index (χ1v) is 4.96. The van der Waals surface area contributed by atoms with Crippen LogP contribution in [0, 0.1) is 0 Å². The summed E-state index contributed by atoms with van der Waals surface area (Å²) in [7, 11) is 1.53. The number of hydrogen-bond acceptors (Lipinski definition) is 4. The molecule has 78 valence electrons. The fourth-order valence-electron chi connectivity index (χ4n) is 0.957. The van der Waals surface area contributed by atoms with E-state index < -0.39 is 0 Å². The number of methoxy groups -OCH3 is 1. The van der Waals surface area contributed by atoms with E-state index in [4.69, 9.17) is 16.3 Å². The predicted octanol–water partition coefficient (Wildman–Crippen LogP) is 2.35. The van der Waals surface area contributed by atoms with Gasteiger partial charge in [0, 0.05) is 6.54 Å². The lowest BCUT2D eigenvalue weighted by Crippen LogP contribution is -2.05. The van der Waals surface area contributed by atoms with Crippen LogP contribution in [0.15, 0.2) is 6.20 Å². The average molecular weight is 216 g/mol. The van der Waals surface area contributed by atoms with Crippen molar-refractivity contribution in [2.24, 2.45) is 0 Å². The monoisotopic (exact) mass is 215 g/mol. The Morgan fingerprint density at radius 1 is 1.57 bits per heavy atom. The number of halogens is 1. The van der Waals surface area contributed by atoms with Gasteiger partial charge in [-0.05, 0) is 6.42 Å². The molecule has 1 heterocycles. The molecule has 0 atom stereocenters. The molecular weight excluding hydrogens is 202 g/mol. The van der Waals surface area contributed by atoms with Crippen molar-refractivity contribution in [3.8, 4) is 6.01 Å². The number of anilines is 1. The molecule has 1 N–H and O–H groups in total. The van der Waals surface area contributed by atoms with Crippen molar-refractivity contribution in [2.75, 3.05) is 19.0 Å².